The average molecular weight is 222 g/mol. The highest BCUT2D eigenvalue weighted by Gasteiger charge is 2.14. The highest BCUT2D eigenvalue weighted by Crippen LogP contribution is 2.07. The zero-order valence-corrected chi connectivity index (χ0v) is 8.52. The summed E-state index contributed by atoms with van der Waals surface area (Å²) in [7, 11) is 0. The van der Waals surface area contributed by atoms with Crippen molar-refractivity contribution in [2.24, 2.45) is 5.73 Å². The van der Waals surface area contributed by atoms with Crippen molar-refractivity contribution in [3.63, 3.8) is 0 Å². The Morgan fingerprint density at radius 3 is 2.25 bits per heavy atom. The lowest BCUT2D eigenvalue weighted by molar-refractivity contribution is -0.146. The van der Waals surface area contributed by atoms with Crippen molar-refractivity contribution in [2.75, 3.05) is 0 Å². The normalized spacial score (nSPS) is 9.31. The number of primary amides is 1. The van der Waals surface area contributed by atoms with E-state index in [4.69, 9.17) is 5.73 Å². The van der Waals surface area contributed by atoms with E-state index in [-0.39, 0.29) is 11.1 Å². The largest absolute Gasteiger partial charge is 0.366 e. The lowest BCUT2D eigenvalue weighted by Crippen LogP contribution is -2.28. The number of benzene rings is 1. The number of hydroxylamine groups is 1. The highest BCUT2D eigenvalue weighted by molar-refractivity contribution is 6.06. The van der Waals surface area contributed by atoms with Crippen molar-refractivity contribution in [2.45, 2.75) is 6.92 Å². The topological polar surface area (TPSA) is 98.5 Å². The van der Waals surface area contributed by atoms with Gasteiger partial charge in [-0.05, 0) is 12.1 Å². The van der Waals surface area contributed by atoms with Crippen LogP contribution >= 0.6 is 0 Å². The van der Waals surface area contributed by atoms with Crippen LogP contribution in [-0.2, 0) is 9.63 Å². The van der Waals surface area contributed by atoms with E-state index < -0.39 is 17.8 Å². The molecule has 0 fully saturated rings. The summed E-state index contributed by atoms with van der Waals surface area (Å²) >= 11 is 0. The third-order valence-electron chi connectivity index (χ3n) is 1.72. The molecule has 2 amide bonds. The van der Waals surface area contributed by atoms with Gasteiger partial charge in [-0.2, -0.15) is 5.48 Å². The fourth-order valence-electron chi connectivity index (χ4n) is 1.07. The summed E-state index contributed by atoms with van der Waals surface area (Å²) < 4.78 is 0. The molecule has 0 saturated heterocycles. The molecule has 0 saturated carbocycles. The molecule has 0 bridgehead atoms. The SMILES string of the molecule is CC(=O)ONC(=O)c1ccccc1C(N)=O. The van der Waals surface area contributed by atoms with E-state index in [1.165, 1.54) is 12.1 Å². The molecule has 1 rings (SSSR count). The Balaban J connectivity index is 2.90. The molecular weight excluding hydrogens is 212 g/mol. The number of hydrogen-bond donors (Lipinski definition) is 2. The van der Waals surface area contributed by atoms with Crippen LogP contribution in [0.2, 0.25) is 0 Å². The molecule has 0 unspecified atom stereocenters. The van der Waals surface area contributed by atoms with Gasteiger partial charge in [0, 0.05) is 6.92 Å². The van der Waals surface area contributed by atoms with Crippen molar-refractivity contribution < 1.29 is 19.2 Å². The number of hydrogen-bond acceptors (Lipinski definition) is 4. The van der Waals surface area contributed by atoms with Crippen molar-refractivity contribution in [1.29, 1.82) is 0 Å². The van der Waals surface area contributed by atoms with Crippen molar-refractivity contribution in [3.05, 3.63) is 35.4 Å². The summed E-state index contributed by atoms with van der Waals surface area (Å²) in [5.41, 5.74) is 7.09. The van der Waals surface area contributed by atoms with Gasteiger partial charge >= 0.3 is 5.97 Å². The third-order valence-corrected chi connectivity index (χ3v) is 1.72. The van der Waals surface area contributed by atoms with E-state index in [0.717, 1.165) is 6.92 Å². The van der Waals surface area contributed by atoms with Gasteiger partial charge < -0.3 is 10.6 Å². The third kappa shape index (κ3) is 2.81. The molecule has 0 radical (unpaired) electrons. The molecule has 0 atom stereocenters. The van der Waals surface area contributed by atoms with Gasteiger partial charge in [0.1, 0.15) is 0 Å². The highest BCUT2D eigenvalue weighted by atomic mass is 16.7. The molecule has 84 valence electrons. The Labute approximate surface area is 91.3 Å². The Morgan fingerprint density at radius 2 is 1.75 bits per heavy atom. The zero-order chi connectivity index (χ0) is 12.1. The van der Waals surface area contributed by atoms with Gasteiger partial charge in [0.25, 0.3) is 5.91 Å². The van der Waals surface area contributed by atoms with Crippen LogP contribution < -0.4 is 11.2 Å². The van der Waals surface area contributed by atoms with E-state index in [0.29, 0.717) is 0 Å². The van der Waals surface area contributed by atoms with Crippen LogP contribution in [0.25, 0.3) is 0 Å². The van der Waals surface area contributed by atoms with Crippen LogP contribution in [0.4, 0.5) is 0 Å². The summed E-state index contributed by atoms with van der Waals surface area (Å²) in [6, 6.07) is 5.95. The fourth-order valence-corrected chi connectivity index (χ4v) is 1.07. The number of rotatable bonds is 2. The van der Waals surface area contributed by atoms with Gasteiger partial charge in [0.2, 0.25) is 5.91 Å². The van der Waals surface area contributed by atoms with Crippen molar-refractivity contribution in [1.82, 2.24) is 5.48 Å². The second kappa shape index (κ2) is 4.92. The van der Waals surface area contributed by atoms with Gasteiger partial charge in [-0.1, -0.05) is 12.1 Å². The van der Waals surface area contributed by atoms with E-state index in [1.54, 1.807) is 12.1 Å². The molecule has 0 aliphatic heterocycles. The van der Waals surface area contributed by atoms with E-state index >= 15 is 0 Å². The summed E-state index contributed by atoms with van der Waals surface area (Å²) in [4.78, 5) is 37.2. The Hall–Kier alpha value is -2.37. The maximum atomic E-state index is 11.5. The molecule has 0 aromatic heterocycles. The monoisotopic (exact) mass is 222 g/mol. The van der Waals surface area contributed by atoms with Crippen LogP contribution in [0.1, 0.15) is 27.6 Å². The minimum atomic E-state index is -0.728. The first-order valence-corrected chi connectivity index (χ1v) is 4.39. The van der Waals surface area contributed by atoms with Gasteiger partial charge in [-0.25, -0.2) is 0 Å². The smallest absolute Gasteiger partial charge is 0.329 e. The number of carbonyl (C=O) groups is 3. The van der Waals surface area contributed by atoms with E-state index in [2.05, 4.69) is 4.84 Å². The molecule has 0 heterocycles. The number of nitrogens with two attached hydrogens (primary N) is 1. The molecule has 6 heteroatoms. The predicted octanol–water partition coefficient (Wildman–Crippen LogP) is -0.00660. The van der Waals surface area contributed by atoms with Crippen LogP contribution in [0.3, 0.4) is 0 Å². The Morgan fingerprint density at radius 1 is 1.19 bits per heavy atom. The first-order chi connectivity index (χ1) is 7.52. The number of nitrogens with one attached hydrogen (secondary N) is 1. The summed E-state index contributed by atoms with van der Waals surface area (Å²) in [6.45, 7) is 1.14. The summed E-state index contributed by atoms with van der Waals surface area (Å²) in [5.74, 6) is -2.09. The van der Waals surface area contributed by atoms with Crippen molar-refractivity contribution in [3.8, 4) is 0 Å². The van der Waals surface area contributed by atoms with Gasteiger partial charge in [0.15, 0.2) is 0 Å². The lowest BCUT2D eigenvalue weighted by atomic mass is 10.1. The van der Waals surface area contributed by atoms with Crippen LogP contribution in [0.5, 0.6) is 0 Å². The molecule has 3 N–H and O–H groups in total. The quantitative estimate of drug-likeness (QED) is 0.687. The number of carbonyl (C=O) groups excluding carboxylic acids is 3. The van der Waals surface area contributed by atoms with E-state index in [9.17, 15) is 14.4 Å². The van der Waals surface area contributed by atoms with Gasteiger partial charge in [0.05, 0.1) is 11.1 Å². The maximum absolute atomic E-state index is 11.5. The second-order valence-electron chi connectivity index (χ2n) is 2.93. The summed E-state index contributed by atoms with van der Waals surface area (Å²) in [5, 5.41) is 0. The molecule has 0 aliphatic carbocycles. The Kier molecular flexibility index (Phi) is 3.60. The van der Waals surface area contributed by atoms with Crippen LogP contribution in [0.15, 0.2) is 24.3 Å². The minimum absolute atomic E-state index is 0.0521. The average Bonchev–Trinajstić information content (AvgIpc) is 2.25. The zero-order valence-electron chi connectivity index (χ0n) is 8.52. The standard InChI is InChI=1S/C10H10N2O4/c1-6(13)16-12-10(15)8-5-3-2-4-7(8)9(11)14/h2-5H,1H3,(H2,11,14)(H,12,15). The fraction of sp³-hybridized carbons (Fsp3) is 0.100. The molecule has 1 aromatic rings. The van der Waals surface area contributed by atoms with Crippen LogP contribution in [0, 0.1) is 0 Å². The van der Waals surface area contributed by atoms with Gasteiger partial charge in [-0.3, -0.25) is 14.4 Å². The molecule has 6 nitrogen and oxygen atoms in total. The Bertz CT molecular complexity index is 442. The molecule has 0 spiro atoms. The first kappa shape index (κ1) is 11.7. The number of amides is 2. The minimum Gasteiger partial charge on any atom is -0.366 e. The molecule has 1 aromatic carbocycles. The predicted molar refractivity (Wildman–Crippen MR) is 54.2 cm³/mol. The molecule has 0 aliphatic rings. The summed E-state index contributed by atoms with van der Waals surface area (Å²) in [6.07, 6.45) is 0. The van der Waals surface area contributed by atoms with Crippen molar-refractivity contribution >= 4 is 17.8 Å². The first-order valence-electron chi connectivity index (χ1n) is 4.39. The van der Waals surface area contributed by atoms with Crippen LogP contribution in [-0.4, -0.2) is 17.8 Å². The molecule has 16 heavy (non-hydrogen) atoms. The maximum Gasteiger partial charge on any atom is 0.329 e. The lowest BCUT2D eigenvalue weighted by Gasteiger charge is -2.06. The van der Waals surface area contributed by atoms with Gasteiger partial charge in [-0.15, -0.1) is 0 Å². The molecular formula is C10H10N2O4. The van der Waals surface area contributed by atoms with E-state index in [1.807, 2.05) is 5.48 Å². The second-order valence-corrected chi connectivity index (χ2v) is 2.93.